The number of carbonyl (C=O) groups is 1. The van der Waals surface area contributed by atoms with Crippen LogP contribution in [0.5, 0.6) is 0 Å². The first-order valence-electron chi connectivity index (χ1n) is 5.81. The van der Waals surface area contributed by atoms with Crippen LogP contribution in [0.25, 0.3) is 0 Å². The summed E-state index contributed by atoms with van der Waals surface area (Å²) < 4.78 is 0. The van der Waals surface area contributed by atoms with E-state index in [1.165, 1.54) is 4.88 Å². The van der Waals surface area contributed by atoms with Gasteiger partial charge in [-0.1, -0.05) is 13.0 Å². The molecule has 1 rings (SSSR count). The van der Waals surface area contributed by atoms with Crippen molar-refractivity contribution >= 4 is 17.2 Å². The molecule has 0 saturated carbocycles. The van der Waals surface area contributed by atoms with E-state index in [9.17, 15) is 4.79 Å². The molecule has 0 bridgehead atoms. The summed E-state index contributed by atoms with van der Waals surface area (Å²) in [7, 11) is 0. The Morgan fingerprint density at radius 1 is 1.50 bits per heavy atom. The van der Waals surface area contributed by atoms with Crippen molar-refractivity contribution in [3.05, 3.63) is 22.4 Å². The Hall–Kier alpha value is -0.870. The fourth-order valence-corrected chi connectivity index (χ4v) is 2.47. The predicted octanol–water partition coefficient (Wildman–Crippen LogP) is 2.31. The Morgan fingerprint density at radius 3 is 2.88 bits per heavy atom. The first-order valence-corrected chi connectivity index (χ1v) is 6.69. The standard InChI is InChI=1S/C12H20N2OS/c1-3-10(11-6-5-9-16-11)14-8-7-12(15)13-4-2/h5-6,9-10,14H,3-4,7-8H2,1-2H3,(H,13,15). The molecule has 1 atom stereocenters. The lowest BCUT2D eigenvalue weighted by molar-refractivity contribution is -0.120. The van der Waals surface area contributed by atoms with E-state index in [1.807, 2.05) is 6.92 Å². The second kappa shape index (κ2) is 7.41. The number of hydrogen-bond donors (Lipinski definition) is 2. The summed E-state index contributed by atoms with van der Waals surface area (Å²) in [6, 6.07) is 4.58. The highest BCUT2D eigenvalue weighted by Gasteiger charge is 2.09. The minimum absolute atomic E-state index is 0.121. The Kier molecular flexibility index (Phi) is 6.11. The van der Waals surface area contributed by atoms with Gasteiger partial charge in [0.1, 0.15) is 0 Å². The van der Waals surface area contributed by atoms with E-state index < -0.39 is 0 Å². The fraction of sp³-hybridized carbons (Fsp3) is 0.583. The van der Waals surface area contributed by atoms with Crippen molar-refractivity contribution in [3.63, 3.8) is 0 Å². The highest BCUT2D eigenvalue weighted by molar-refractivity contribution is 7.10. The minimum atomic E-state index is 0.121. The van der Waals surface area contributed by atoms with Crippen molar-refractivity contribution in [1.82, 2.24) is 10.6 Å². The van der Waals surface area contributed by atoms with Crippen molar-refractivity contribution in [2.75, 3.05) is 13.1 Å². The van der Waals surface area contributed by atoms with E-state index in [4.69, 9.17) is 0 Å². The number of carbonyl (C=O) groups excluding carboxylic acids is 1. The molecule has 0 radical (unpaired) electrons. The molecule has 2 N–H and O–H groups in total. The van der Waals surface area contributed by atoms with Gasteiger partial charge < -0.3 is 10.6 Å². The average Bonchev–Trinajstić information content (AvgIpc) is 2.78. The maximum atomic E-state index is 11.3. The van der Waals surface area contributed by atoms with Crippen molar-refractivity contribution in [1.29, 1.82) is 0 Å². The molecule has 0 aliphatic carbocycles. The maximum absolute atomic E-state index is 11.3. The minimum Gasteiger partial charge on any atom is -0.356 e. The molecule has 0 fully saturated rings. The smallest absolute Gasteiger partial charge is 0.221 e. The van der Waals surface area contributed by atoms with E-state index in [-0.39, 0.29) is 5.91 Å². The second-order valence-electron chi connectivity index (χ2n) is 3.63. The molecule has 1 aromatic heterocycles. The monoisotopic (exact) mass is 240 g/mol. The summed E-state index contributed by atoms with van der Waals surface area (Å²) in [4.78, 5) is 12.6. The topological polar surface area (TPSA) is 41.1 Å². The maximum Gasteiger partial charge on any atom is 0.221 e. The lowest BCUT2D eigenvalue weighted by atomic mass is 10.2. The number of hydrogen-bond acceptors (Lipinski definition) is 3. The van der Waals surface area contributed by atoms with Crippen LogP contribution in [0.1, 0.15) is 37.6 Å². The van der Waals surface area contributed by atoms with E-state index >= 15 is 0 Å². The normalized spacial score (nSPS) is 12.4. The molecule has 90 valence electrons. The summed E-state index contributed by atoms with van der Waals surface area (Å²) in [5, 5.41) is 8.29. The van der Waals surface area contributed by atoms with Crippen molar-refractivity contribution in [2.45, 2.75) is 32.7 Å². The van der Waals surface area contributed by atoms with Crippen LogP contribution in [0.3, 0.4) is 0 Å². The third kappa shape index (κ3) is 4.33. The van der Waals surface area contributed by atoms with Crippen LogP contribution in [0.2, 0.25) is 0 Å². The highest BCUT2D eigenvalue weighted by atomic mass is 32.1. The number of amides is 1. The molecule has 0 aliphatic rings. The van der Waals surface area contributed by atoms with E-state index in [1.54, 1.807) is 11.3 Å². The molecule has 1 unspecified atom stereocenters. The van der Waals surface area contributed by atoms with E-state index in [0.717, 1.165) is 13.0 Å². The van der Waals surface area contributed by atoms with Crippen LogP contribution >= 0.6 is 11.3 Å². The largest absolute Gasteiger partial charge is 0.356 e. The van der Waals surface area contributed by atoms with Gasteiger partial charge in [0, 0.05) is 30.4 Å². The summed E-state index contributed by atoms with van der Waals surface area (Å²) in [6.45, 7) is 5.54. The molecular formula is C12H20N2OS. The van der Waals surface area contributed by atoms with Crippen LogP contribution < -0.4 is 10.6 Å². The first-order chi connectivity index (χ1) is 7.77. The van der Waals surface area contributed by atoms with Gasteiger partial charge in [0.15, 0.2) is 0 Å². The number of nitrogens with one attached hydrogen (secondary N) is 2. The molecule has 1 heterocycles. The van der Waals surface area contributed by atoms with Gasteiger partial charge in [0.2, 0.25) is 5.91 Å². The first kappa shape index (κ1) is 13.2. The quantitative estimate of drug-likeness (QED) is 0.768. The molecule has 4 heteroatoms. The Labute approximate surface area is 101 Å². The van der Waals surface area contributed by atoms with Gasteiger partial charge in [-0.25, -0.2) is 0 Å². The zero-order valence-electron chi connectivity index (χ0n) is 9.95. The Morgan fingerprint density at radius 2 is 2.31 bits per heavy atom. The van der Waals surface area contributed by atoms with E-state index in [2.05, 4.69) is 35.1 Å². The van der Waals surface area contributed by atoms with Gasteiger partial charge in [-0.05, 0) is 24.8 Å². The van der Waals surface area contributed by atoms with Gasteiger partial charge in [-0.3, -0.25) is 4.79 Å². The zero-order valence-corrected chi connectivity index (χ0v) is 10.8. The van der Waals surface area contributed by atoms with Crippen LogP contribution in [0.4, 0.5) is 0 Å². The SMILES string of the molecule is CCNC(=O)CCNC(CC)c1cccs1. The van der Waals surface area contributed by atoms with Gasteiger partial charge in [0.05, 0.1) is 0 Å². The van der Waals surface area contributed by atoms with Crippen LogP contribution in [0.15, 0.2) is 17.5 Å². The molecule has 0 aromatic carbocycles. The summed E-state index contributed by atoms with van der Waals surface area (Å²) >= 11 is 1.76. The van der Waals surface area contributed by atoms with Crippen LogP contribution in [-0.4, -0.2) is 19.0 Å². The molecule has 0 saturated heterocycles. The third-order valence-electron chi connectivity index (χ3n) is 2.41. The second-order valence-corrected chi connectivity index (χ2v) is 4.61. The Balaban J connectivity index is 2.27. The predicted molar refractivity (Wildman–Crippen MR) is 68.7 cm³/mol. The third-order valence-corrected chi connectivity index (χ3v) is 3.40. The molecule has 16 heavy (non-hydrogen) atoms. The molecular weight excluding hydrogens is 220 g/mol. The van der Waals surface area contributed by atoms with Crippen LogP contribution in [0, 0.1) is 0 Å². The van der Waals surface area contributed by atoms with Crippen molar-refractivity contribution in [3.8, 4) is 0 Å². The fourth-order valence-electron chi connectivity index (χ4n) is 1.58. The molecule has 1 amide bonds. The van der Waals surface area contributed by atoms with Crippen molar-refractivity contribution < 1.29 is 4.79 Å². The Bertz CT molecular complexity index is 298. The summed E-state index contributed by atoms with van der Waals surface area (Å²) in [5.74, 6) is 0.121. The van der Waals surface area contributed by atoms with Gasteiger partial charge in [-0.15, -0.1) is 11.3 Å². The zero-order chi connectivity index (χ0) is 11.8. The lowest BCUT2D eigenvalue weighted by Gasteiger charge is -2.15. The summed E-state index contributed by atoms with van der Waals surface area (Å²) in [5.41, 5.74) is 0. The van der Waals surface area contributed by atoms with Gasteiger partial charge in [-0.2, -0.15) is 0 Å². The molecule has 0 spiro atoms. The van der Waals surface area contributed by atoms with Gasteiger partial charge in [0.25, 0.3) is 0 Å². The lowest BCUT2D eigenvalue weighted by Crippen LogP contribution is -2.29. The van der Waals surface area contributed by atoms with Gasteiger partial charge >= 0.3 is 0 Å². The van der Waals surface area contributed by atoms with Crippen LogP contribution in [-0.2, 0) is 4.79 Å². The number of rotatable bonds is 7. The average molecular weight is 240 g/mol. The molecule has 3 nitrogen and oxygen atoms in total. The van der Waals surface area contributed by atoms with Crippen molar-refractivity contribution in [2.24, 2.45) is 0 Å². The highest BCUT2D eigenvalue weighted by Crippen LogP contribution is 2.21. The van der Waals surface area contributed by atoms with E-state index in [0.29, 0.717) is 19.0 Å². The molecule has 0 aliphatic heterocycles. The molecule has 1 aromatic rings. The summed E-state index contributed by atoms with van der Waals surface area (Å²) in [6.07, 6.45) is 1.60. The number of thiophene rings is 1.